The van der Waals surface area contributed by atoms with Crippen molar-refractivity contribution in [3.05, 3.63) is 0 Å². The molecule has 3 N–H and O–H groups in total. The van der Waals surface area contributed by atoms with Gasteiger partial charge in [0.25, 0.3) is 5.91 Å². The van der Waals surface area contributed by atoms with Crippen molar-refractivity contribution in [2.24, 2.45) is 17.8 Å². The Bertz CT molecular complexity index is 524. The zero-order valence-corrected chi connectivity index (χ0v) is 19.2. The highest BCUT2D eigenvalue weighted by Gasteiger charge is 2.31. The third kappa shape index (κ3) is 9.38. The van der Waals surface area contributed by atoms with E-state index in [4.69, 9.17) is 0 Å². The highest BCUT2D eigenvalue weighted by molar-refractivity contribution is 7.99. The maximum absolute atomic E-state index is 12.7. The molecule has 0 radical (unpaired) electrons. The van der Waals surface area contributed by atoms with E-state index in [1.807, 2.05) is 6.92 Å². The first-order valence-electron chi connectivity index (χ1n) is 10.9. The van der Waals surface area contributed by atoms with Crippen molar-refractivity contribution in [1.82, 2.24) is 15.7 Å². The van der Waals surface area contributed by atoms with Gasteiger partial charge in [0.15, 0.2) is 0 Å². The molecule has 1 aliphatic rings. The van der Waals surface area contributed by atoms with Crippen LogP contribution in [0.3, 0.4) is 0 Å². The van der Waals surface area contributed by atoms with Gasteiger partial charge in [-0.25, -0.2) is 4.79 Å². The van der Waals surface area contributed by atoms with Gasteiger partial charge in [0.05, 0.1) is 0 Å². The van der Waals surface area contributed by atoms with Gasteiger partial charge in [0.1, 0.15) is 6.04 Å². The van der Waals surface area contributed by atoms with Crippen LogP contribution in [0.4, 0.5) is 4.79 Å². The van der Waals surface area contributed by atoms with Gasteiger partial charge in [-0.05, 0) is 30.4 Å². The van der Waals surface area contributed by atoms with Gasteiger partial charge < -0.3 is 10.6 Å². The lowest BCUT2D eigenvalue weighted by Crippen LogP contribution is -2.53. The minimum atomic E-state index is -0.921. The summed E-state index contributed by atoms with van der Waals surface area (Å²) < 4.78 is 0. The molecule has 0 saturated heterocycles. The summed E-state index contributed by atoms with van der Waals surface area (Å²) in [4.78, 5) is 37.5. The minimum Gasteiger partial charge on any atom is -0.357 e. The summed E-state index contributed by atoms with van der Waals surface area (Å²) in [5.74, 6) is 0.909. The maximum atomic E-state index is 12.7. The number of nitrogens with one attached hydrogen (secondary N) is 2. The molecular formula is C21H39N3O4S. The summed E-state index contributed by atoms with van der Waals surface area (Å²) in [6.45, 7) is 6.17. The largest absolute Gasteiger partial charge is 0.357 e. The van der Waals surface area contributed by atoms with Gasteiger partial charge in [0.2, 0.25) is 5.91 Å². The van der Waals surface area contributed by atoms with Crippen LogP contribution in [-0.2, 0) is 9.59 Å². The number of thioether (sulfide) groups is 1. The van der Waals surface area contributed by atoms with Gasteiger partial charge in [-0.15, -0.1) is 5.06 Å². The van der Waals surface area contributed by atoms with Crippen molar-refractivity contribution in [2.75, 3.05) is 18.6 Å². The molecule has 1 saturated carbocycles. The van der Waals surface area contributed by atoms with E-state index >= 15 is 0 Å². The summed E-state index contributed by atoms with van der Waals surface area (Å²) in [6.07, 6.45) is 7.54. The van der Waals surface area contributed by atoms with E-state index in [0.29, 0.717) is 30.4 Å². The Labute approximate surface area is 179 Å². The van der Waals surface area contributed by atoms with Crippen LogP contribution in [0.1, 0.15) is 72.1 Å². The molecule has 4 amide bonds. The molecule has 1 rings (SSSR count). The third-order valence-corrected chi connectivity index (χ3v) is 6.57. The summed E-state index contributed by atoms with van der Waals surface area (Å²) in [5.41, 5.74) is 0. The Morgan fingerprint density at radius 1 is 1.14 bits per heavy atom. The topological polar surface area (TPSA) is 98.7 Å². The molecule has 1 aliphatic carbocycles. The summed E-state index contributed by atoms with van der Waals surface area (Å²) in [6, 6.07) is -1.67. The molecule has 2 atom stereocenters. The van der Waals surface area contributed by atoms with E-state index in [-0.39, 0.29) is 11.0 Å². The second-order valence-corrected chi connectivity index (χ2v) is 9.65. The number of likely N-dealkylation sites (N-methyl/N-ethyl adjacent to an activating group) is 1. The molecule has 168 valence electrons. The summed E-state index contributed by atoms with van der Waals surface area (Å²) in [7, 11) is 1.52. The average Bonchev–Trinajstić information content (AvgIpc) is 2.72. The first kappa shape index (κ1) is 25.8. The molecule has 0 aromatic rings. The summed E-state index contributed by atoms with van der Waals surface area (Å²) >= 11 is 1.62. The predicted octanol–water partition coefficient (Wildman–Crippen LogP) is 3.80. The Morgan fingerprint density at radius 2 is 1.79 bits per heavy atom. The van der Waals surface area contributed by atoms with E-state index < -0.39 is 23.9 Å². The highest BCUT2D eigenvalue weighted by Crippen LogP contribution is 2.27. The molecule has 7 nitrogen and oxygen atoms in total. The van der Waals surface area contributed by atoms with Crippen LogP contribution in [-0.4, -0.2) is 52.7 Å². The van der Waals surface area contributed by atoms with E-state index in [1.54, 1.807) is 11.8 Å². The Kier molecular flexibility index (Phi) is 12.3. The Hall–Kier alpha value is -1.28. The van der Waals surface area contributed by atoms with Crippen molar-refractivity contribution in [3.8, 4) is 0 Å². The Balaban J connectivity index is 2.73. The number of carbonyl (C=O) groups excluding carboxylic acids is 3. The van der Waals surface area contributed by atoms with Gasteiger partial charge in [0, 0.05) is 18.7 Å². The van der Waals surface area contributed by atoms with Gasteiger partial charge in [-0.3, -0.25) is 14.8 Å². The number of carbonyl (C=O) groups is 3. The number of hydrogen-bond acceptors (Lipinski definition) is 5. The fraction of sp³-hybridized carbons (Fsp3) is 0.857. The van der Waals surface area contributed by atoms with Crippen LogP contribution in [0.25, 0.3) is 0 Å². The fourth-order valence-electron chi connectivity index (χ4n) is 3.72. The van der Waals surface area contributed by atoms with Crippen molar-refractivity contribution >= 4 is 29.6 Å². The van der Waals surface area contributed by atoms with Crippen LogP contribution < -0.4 is 10.6 Å². The fourth-order valence-corrected chi connectivity index (χ4v) is 4.55. The zero-order chi connectivity index (χ0) is 21.8. The van der Waals surface area contributed by atoms with Crippen molar-refractivity contribution < 1.29 is 19.6 Å². The lowest BCUT2D eigenvalue weighted by Gasteiger charge is -2.27. The number of hydroxylamine groups is 2. The van der Waals surface area contributed by atoms with Gasteiger partial charge in [-0.2, -0.15) is 11.8 Å². The van der Waals surface area contributed by atoms with Crippen LogP contribution >= 0.6 is 11.8 Å². The minimum absolute atomic E-state index is 0.179. The quantitative estimate of drug-likeness (QED) is 0.343. The molecule has 8 heteroatoms. The first-order chi connectivity index (χ1) is 13.8. The molecule has 0 heterocycles. The molecule has 1 fully saturated rings. The second-order valence-electron chi connectivity index (χ2n) is 8.33. The van der Waals surface area contributed by atoms with Crippen molar-refractivity contribution in [2.45, 2.75) is 78.2 Å². The highest BCUT2D eigenvalue weighted by atomic mass is 32.2. The number of hydrogen-bond donors (Lipinski definition) is 3. The standard InChI is InChI=1S/C21H39N3O4S/c1-5-29-14-17(12-11-15(2)3)20(26)24(28)21(27)23-18(19(25)22-4)13-16-9-7-6-8-10-16/h15-18,28H,5-14H2,1-4H3,(H,22,25)(H,23,27)/t17-,18+/m1/s1. The first-order valence-corrected chi connectivity index (χ1v) is 12.1. The lowest BCUT2D eigenvalue weighted by molar-refractivity contribution is -0.157. The normalized spacial score (nSPS) is 16.9. The molecular weight excluding hydrogens is 390 g/mol. The molecule has 0 aliphatic heterocycles. The van der Waals surface area contributed by atoms with Gasteiger partial charge >= 0.3 is 6.03 Å². The number of rotatable bonds is 11. The smallest absolute Gasteiger partial charge is 0.349 e. The van der Waals surface area contributed by atoms with E-state index in [2.05, 4.69) is 24.5 Å². The van der Waals surface area contributed by atoms with E-state index in [0.717, 1.165) is 37.9 Å². The SMILES string of the molecule is CCSC[C@@H](CCC(C)C)C(=O)N(O)C(=O)N[C@@H](CC1CCCCC1)C(=O)NC. The number of imide groups is 1. The number of nitrogens with zero attached hydrogens (tertiary/aromatic N) is 1. The molecule has 0 aromatic heterocycles. The molecule has 29 heavy (non-hydrogen) atoms. The monoisotopic (exact) mass is 429 g/mol. The van der Waals surface area contributed by atoms with Crippen LogP contribution in [0, 0.1) is 17.8 Å². The van der Waals surface area contributed by atoms with Crippen molar-refractivity contribution in [3.63, 3.8) is 0 Å². The maximum Gasteiger partial charge on any atom is 0.349 e. The van der Waals surface area contributed by atoms with Gasteiger partial charge in [-0.1, -0.05) is 59.3 Å². The molecule has 0 spiro atoms. The van der Waals surface area contributed by atoms with E-state index in [9.17, 15) is 19.6 Å². The lowest BCUT2D eigenvalue weighted by atomic mass is 9.84. The Morgan fingerprint density at radius 3 is 2.34 bits per heavy atom. The zero-order valence-electron chi connectivity index (χ0n) is 18.4. The van der Waals surface area contributed by atoms with Crippen LogP contribution in [0.5, 0.6) is 0 Å². The number of amides is 4. The van der Waals surface area contributed by atoms with Crippen LogP contribution in [0.2, 0.25) is 0 Å². The molecule has 0 unspecified atom stereocenters. The molecule has 0 aromatic carbocycles. The predicted molar refractivity (Wildman–Crippen MR) is 117 cm³/mol. The average molecular weight is 430 g/mol. The summed E-state index contributed by atoms with van der Waals surface area (Å²) in [5, 5.41) is 15.6. The molecule has 0 bridgehead atoms. The third-order valence-electron chi connectivity index (χ3n) is 5.52. The van der Waals surface area contributed by atoms with Crippen molar-refractivity contribution in [1.29, 1.82) is 0 Å². The van der Waals surface area contributed by atoms with Crippen LogP contribution in [0.15, 0.2) is 0 Å². The second kappa shape index (κ2) is 13.9. The van der Waals surface area contributed by atoms with E-state index in [1.165, 1.54) is 13.5 Å². The number of urea groups is 1.